The highest BCUT2D eigenvalue weighted by Gasteiger charge is 2.30. The zero-order valence-corrected chi connectivity index (χ0v) is 17.9. The van der Waals surface area contributed by atoms with Gasteiger partial charge >= 0.3 is 0 Å². The van der Waals surface area contributed by atoms with E-state index in [4.69, 9.17) is 9.47 Å². The SMILES string of the molecule is CN=C(NCC(C)Oc1ccc(C)cc1)N1CCC(C(=O)N2CCOCC2)CC1. The van der Waals surface area contributed by atoms with E-state index >= 15 is 0 Å². The molecule has 1 amide bonds. The zero-order chi connectivity index (χ0) is 20.6. The number of guanidine groups is 1. The minimum atomic E-state index is 0.0230. The summed E-state index contributed by atoms with van der Waals surface area (Å²) in [5.41, 5.74) is 1.22. The van der Waals surface area contributed by atoms with Crippen molar-refractivity contribution >= 4 is 11.9 Å². The van der Waals surface area contributed by atoms with Gasteiger partial charge in [-0.15, -0.1) is 0 Å². The Hall–Kier alpha value is -2.28. The van der Waals surface area contributed by atoms with Crippen LogP contribution in [0.25, 0.3) is 0 Å². The van der Waals surface area contributed by atoms with Gasteiger partial charge in [0.05, 0.1) is 19.8 Å². The number of carbonyl (C=O) groups excluding carboxylic acids is 1. The second-order valence-corrected chi connectivity index (χ2v) is 7.87. The first-order valence-electron chi connectivity index (χ1n) is 10.6. The van der Waals surface area contributed by atoms with Crippen LogP contribution >= 0.6 is 0 Å². The van der Waals surface area contributed by atoms with Crippen molar-refractivity contribution in [1.82, 2.24) is 15.1 Å². The normalized spacial score (nSPS) is 19.8. The number of benzene rings is 1. The van der Waals surface area contributed by atoms with E-state index in [2.05, 4.69) is 34.3 Å². The topological polar surface area (TPSA) is 66.4 Å². The third-order valence-corrected chi connectivity index (χ3v) is 5.58. The highest BCUT2D eigenvalue weighted by atomic mass is 16.5. The van der Waals surface area contributed by atoms with Crippen LogP contribution in [0.15, 0.2) is 29.3 Å². The van der Waals surface area contributed by atoms with E-state index in [0.717, 1.165) is 50.7 Å². The molecule has 0 radical (unpaired) electrons. The molecule has 2 saturated heterocycles. The molecule has 1 unspecified atom stereocenters. The molecule has 160 valence electrons. The minimum Gasteiger partial charge on any atom is -0.489 e. The van der Waals surface area contributed by atoms with Crippen molar-refractivity contribution in [2.75, 3.05) is 53.0 Å². The number of piperidine rings is 1. The maximum absolute atomic E-state index is 12.7. The summed E-state index contributed by atoms with van der Waals surface area (Å²) in [5, 5.41) is 3.42. The molecule has 2 aliphatic rings. The van der Waals surface area contributed by atoms with Crippen molar-refractivity contribution < 1.29 is 14.3 Å². The second kappa shape index (κ2) is 10.5. The van der Waals surface area contributed by atoms with Crippen molar-refractivity contribution in [2.24, 2.45) is 10.9 Å². The molecule has 0 bridgehead atoms. The molecule has 7 heteroatoms. The standard InChI is InChI=1S/C22H34N4O3/c1-17-4-6-20(7-5-17)29-18(2)16-24-22(23-3)26-10-8-19(9-11-26)21(27)25-12-14-28-15-13-25/h4-7,18-19H,8-16H2,1-3H3,(H,23,24). The van der Waals surface area contributed by atoms with Crippen LogP contribution in [0.1, 0.15) is 25.3 Å². The number of morpholine rings is 1. The Kier molecular flexibility index (Phi) is 7.75. The average Bonchev–Trinajstić information content (AvgIpc) is 2.76. The first-order chi connectivity index (χ1) is 14.1. The molecule has 2 aliphatic heterocycles. The zero-order valence-electron chi connectivity index (χ0n) is 17.9. The highest BCUT2D eigenvalue weighted by Crippen LogP contribution is 2.20. The lowest BCUT2D eigenvalue weighted by atomic mass is 9.95. The Morgan fingerprint density at radius 1 is 1.17 bits per heavy atom. The quantitative estimate of drug-likeness (QED) is 0.602. The van der Waals surface area contributed by atoms with E-state index < -0.39 is 0 Å². The molecule has 2 fully saturated rings. The molecule has 0 spiro atoms. The van der Waals surface area contributed by atoms with E-state index in [1.807, 2.05) is 24.0 Å². The fourth-order valence-corrected chi connectivity index (χ4v) is 3.84. The van der Waals surface area contributed by atoms with Crippen LogP contribution in [0, 0.1) is 12.8 Å². The number of amides is 1. The van der Waals surface area contributed by atoms with Crippen LogP contribution < -0.4 is 10.1 Å². The van der Waals surface area contributed by atoms with Gasteiger partial charge < -0.3 is 24.6 Å². The summed E-state index contributed by atoms with van der Waals surface area (Å²) in [6, 6.07) is 8.10. The number of likely N-dealkylation sites (tertiary alicyclic amines) is 1. The van der Waals surface area contributed by atoms with Crippen LogP contribution in [0.2, 0.25) is 0 Å². The summed E-state index contributed by atoms with van der Waals surface area (Å²) in [5.74, 6) is 2.16. The second-order valence-electron chi connectivity index (χ2n) is 7.87. The first-order valence-corrected chi connectivity index (χ1v) is 10.6. The van der Waals surface area contributed by atoms with Crippen molar-refractivity contribution in [1.29, 1.82) is 0 Å². The van der Waals surface area contributed by atoms with E-state index in [9.17, 15) is 4.79 Å². The molecule has 2 heterocycles. The van der Waals surface area contributed by atoms with Gasteiger partial charge in [-0.2, -0.15) is 0 Å². The van der Waals surface area contributed by atoms with Crippen LogP contribution in [-0.4, -0.2) is 80.8 Å². The Morgan fingerprint density at radius 3 is 2.45 bits per heavy atom. The van der Waals surface area contributed by atoms with Crippen LogP contribution in [0.5, 0.6) is 5.75 Å². The summed E-state index contributed by atoms with van der Waals surface area (Å²) in [7, 11) is 1.80. The number of hydrogen-bond acceptors (Lipinski definition) is 4. The van der Waals surface area contributed by atoms with Gasteiger partial charge in [-0.3, -0.25) is 9.79 Å². The number of hydrogen-bond donors (Lipinski definition) is 1. The lowest BCUT2D eigenvalue weighted by Crippen LogP contribution is -2.50. The largest absolute Gasteiger partial charge is 0.489 e. The van der Waals surface area contributed by atoms with Crippen LogP contribution in [0.3, 0.4) is 0 Å². The summed E-state index contributed by atoms with van der Waals surface area (Å²) in [6.07, 6.45) is 1.76. The van der Waals surface area contributed by atoms with Gasteiger partial charge in [-0.25, -0.2) is 0 Å². The monoisotopic (exact) mass is 402 g/mol. The Labute approximate surface area is 174 Å². The van der Waals surface area contributed by atoms with Gasteiger partial charge in [0.15, 0.2) is 5.96 Å². The van der Waals surface area contributed by atoms with Gasteiger partial charge in [0.1, 0.15) is 11.9 Å². The molecule has 0 aliphatic carbocycles. The maximum atomic E-state index is 12.7. The molecule has 0 aromatic heterocycles. The fourth-order valence-electron chi connectivity index (χ4n) is 3.84. The molecule has 1 N–H and O–H groups in total. The van der Waals surface area contributed by atoms with Crippen molar-refractivity contribution in [2.45, 2.75) is 32.8 Å². The summed E-state index contributed by atoms with van der Waals surface area (Å²) in [6.45, 7) is 9.23. The lowest BCUT2D eigenvalue weighted by Gasteiger charge is -2.37. The first kappa shape index (κ1) is 21.4. The Morgan fingerprint density at radius 2 is 1.83 bits per heavy atom. The fraction of sp³-hybridized carbons (Fsp3) is 0.636. The van der Waals surface area contributed by atoms with Gasteiger partial charge in [0, 0.05) is 39.1 Å². The third-order valence-electron chi connectivity index (χ3n) is 5.58. The number of nitrogens with one attached hydrogen (secondary N) is 1. The molecule has 7 nitrogen and oxygen atoms in total. The number of ether oxygens (including phenoxy) is 2. The smallest absolute Gasteiger partial charge is 0.225 e. The van der Waals surface area contributed by atoms with Gasteiger partial charge in [0.25, 0.3) is 0 Å². The van der Waals surface area contributed by atoms with Crippen LogP contribution in [-0.2, 0) is 9.53 Å². The Bertz CT molecular complexity index is 678. The maximum Gasteiger partial charge on any atom is 0.225 e. The summed E-state index contributed by atoms with van der Waals surface area (Å²) < 4.78 is 11.3. The van der Waals surface area contributed by atoms with Gasteiger partial charge in [-0.05, 0) is 38.8 Å². The molecule has 3 rings (SSSR count). The molecule has 29 heavy (non-hydrogen) atoms. The van der Waals surface area contributed by atoms with Crippen LogP contribution in [0.4, 0.5) is 0 Å². The van der Waals surface area contributed by atoms with Gasteiger partial charge in [0.2, 0.25) is 5.91 Å². The van der Waals surface area contributed by atoms with Crippen molar-refractivity contribution in [3.8, 4) is 5.75 Å². The third kappa shape index (κ3) is 6.10. The van der Waals surface area contributed by atoms with Crippen molar-refractivity contribution in [3.05, 3.63) is 29.8 Å². The predicted octanol–water partition coefficient (Wildman–Crippen LogP) is 1.91. The summed E-state index contributed by atoms with van der Waals surface area (Å²) >= 11 is 0. The Balaban J connectivity index is 1.42. The van der Waals surface area contributed by atoms with Crippen molar-refractivity contribution in [3.63, 3.8) is 0 Å². The number of aliphatic imine (C=N–C) groups is 1. The number of nitrogens with zero attached hydrogens (tertiary/aromatic N) is 3. The number of aryl methyl sites for hydroxylation is 1. The molecule has 0 saturated carbocycles. The summed E-state index contributed by atoms with van der Waals surface area (Å²) in [4.78, 5) is 21.3. The molecule has 1 atom stereocenters. The predicted molar refractivity (Wildman–Crippen MR) is 114 cm³/mol. The number of rotatable bonds is 5. The molecular formula is C22H34N4O3. The molecular weight excluding hydrogens is 368 g/mol. The van der Waals surface area contributed by atoms with E-state index in [-0.39, 0.29) is 17.9 Å². The average molecular weight is 403 g/mol. The molecule has 1 aromatic carbocycles. The molecule has 1 aromatic rings. The van der Waals surface area contributed by atoms with Gasteiger partial charge in [-0.1, -0.05) is 17.7 Å². The minimum absolute atomic E-state index is 0.0230. The van der Waals surface area contributed by atoms with E-state index in [1.54, 1.807) is 7.05 Å². The van der Waals surface area contributed by atoms with E-state index in [0.29, 0.717) is 19.8 Å². The number of carbonyl (C=O) groups is 1. The lowest BCUT2D eigenvalue weighted by molar-refractivity contribution is -0.140. The highest BCUT2D eigenvalue weighted by molar-refractivity contribution is 5.81. The van der Waals surface area contributed by atoms with E-state index in [1.165, 1.54) is 5.56 Å².